The van der Waals surface area contributed by atoms with Gasteiger partial charge in [-0.05, 0) is 24.6 Å². The number of rotatable bonds is 7. The first-order chi connectivity index (χ1) is 11.2. The highest BCUT2D eigenvalue weighted by Crippen LogP contribution is 2.36. The van der Waals surface area contributed by atoms with Crippen LogP contribution in [-0.2, 0) is 15.8 Å². The van der Waals surface area contributed by atoms with E-state index in [4.69, 9.17) is 11.6 Å². The maximum Gasteiger partial charge on any atom is 0.417 e. The number of nitrogens with one attached hydrogen (secondary N) is 1. The molecule has 1 aromatic rings. The van der Waals surface area contributed by atoms with Crippen LogP contribution in [0.1, 0.15) is 38.7 Å². The molecule has 0 spiro atoms. The van der Waals surface area contributed by atoms with E-state index in [1.807, 2.05) is 6.92 Å². The lowest BCUT2D eigenvalue weighted by atomic mass is 10.1. The van der Waals surface area contributed by atoms with Crippen LogP contribution in [0.25, 0.3) is 0 Å². The monoisotopic (exact) mass is 364 g/mol. The van der Waals surface area contributed by atoms with Crippen LogP contribution in [0.2, 0.25) is 5.02 Å². The second-order valence-electron chi connectivity index (χ2n) is 5.29. The molecule has 0 aromatic heterocycles. The molecule has 0 heterocycles. The number of halogens is 4. The Morgan fingerprint density at radius 2 is 1.96 bits per heavy atom. The molecule has 0 aliphatic carbocycles. The van der Waals surface area contributed by atoms with Crippen molar-refractivity contribution in [3.05, 3.63) is 28.8 Å². The minimum atomic E-state index is -4.61. The van der Waals surface area contributed by atoms with Crippen molar-refractivity contribution in [3.63, 3.8) is 0 Å². The van der Waals surface area contributed by atoms with E-state index in [2.05, 4.69) is 5.32 Å². The summed E-state index contributed by atoms with van der Waals surface area (Å²) in [5, 5.41) is 2.22. The maximum atomic E-state index is 12.9. The summed E-state index contributed by atoms with van der Waals surface area (Å²) in [4.78, 5) is 24.4. The third-order valence-corrected chi connectivity index (χ3v) is 3.69. The Balaban J connectivity index is 2.82. The van der Waals surface area contributed by atoms with E-state index < -0.39 is 22.7 Å². The second kappa shape index (κ2) is 8.92. The molecule has 1 N–H and O–H groups in total. The molecule has 0 unspecified atom stereocenters. The number of carbonyl (C=O) groups is 2. The molecule has 0 radical (unpaired) electrons. The summed E-state index contributed by atoms with van der Waals surface area (Å²) in [6.45, 7) is 3.45. The fourth-order valence-corrected chi connectivity index (χ4v) is 2.32. The largest absolute Gasteiger partial charge is 0.417 e. The third kappa shape index (κ3) is 6.03. The number of anilines is 1. The molecular formula is C16H20ClF3N2O2. The van der Waals surface area contributed by atoms with Gasteiger partial charge in [0.15, 0.2) is 0 Å². The van der Waals surface area contributed by atoms with Gasteiger partial charge < -0.3 is 10.2 Å². The predicted octanol–water partition coefficient (Wildman–Crippen LogP) is 4.02. The highest BCUT2D eigenvalue weighted by molar-refractivity contribution is 6.31. The van der Waals surface area contributed by atoms with Crippen LogP contribution in [0.3, 0.4) is 0 Å². The topological polar surface area (TPSA) is 49.4 Å². The molecule has 1 aromatic carbocycles. The standard InChI is InChI=1S/C16H20ClF3N2O2/c1-3-4-5-15(24)21-8-9-22(11(2)23)12-6-7-14(17)13(10-12)16(18,19)20/h6-7,10H,3-5,8-9H2,1-2H3,(H,21,24). The van der Waals surface area contributed by atoms with Gasteiger partial charge in [-0.25, -0.2) is 0 Å². The SMILES string of the molecule is CCCCC(=O)NCCN(C(C)=O)c1ccc(Cl)c(C(F)(F)F)c1. The number of hydrogen-bond acceptors (Lipinski definition) is 2. The summed E-state index contributed by atoms with van der Waals surface area (Å²) >= 11 is 5.58. The van der Waals surface area contributed by atoms with Crippen molar-refractivity contribution in [1.82, 2.24) is 5.32 Å². The predicted molar refractivity (Wildman–Crippen MR) is 87.0 cm³/mol. The molecule has 0 saturated carbocycles. The summed E-state index contributed by atoms with van der Waals surface area (Å²) in [7, 11) is 0. The summed E-state index contributed by atoms with van der Waals surface area (Å²) in [5.74, 6) is -0.569. The first-order valence-corrected chi connectivity index (χ1v) is 7.96. The Kier molecular flexibility index (Phi) is 7.54. The van der Waals surface area contributed by atoms with Crippen molar-refractivity contribution in [2.45, 2.75) is 39.3 Å². The average Bonchev–Trinajstić information content (AvgIpc) is 2.49. The molecule has 2 amide bonds. The second-order valence-corrected chi connectivity index (χ2v) is 5.69. The van der Waals surface area contributed by atoms with Crippen LogP contribution in [-0.4, -0.2) is 24.9 Å². The van der Waals surface area contributed by atoms with Gasteiger partial charge >= 0.3 is 6.18 Å². The van der Waals surface area contributed by atoms with Gasteiger partial charge in [0.1, 0.15) is 0 Å². The molecule has 4 nitrogen and oxygen atoms in total. The lowest BCUT2D eigenvalue weighted by Crippen LogP contribution is -2.37. The molecule has 24 heavy (non-hydrogen) atoms. The van der Waals surface area contributed by atoms with Gasteiger partial charge in [0, 0.05) is 32.1 Å². The van der Waals surface area contributed by atoms with Crippen LogP contribution in [0.15, 0.2) is 18.2 Å². The zero-order valence-corrected chi connectivity index (χ0v) is 14.3. The number of carbonyl (C=O) groups excluding carboxylic acids is 2. The Hall–Kier alpha value is -1.76. The molecule has 0 saturated heterocycles. The van der Waals surface area contributed by atoms with Crippen molar-refractivity contribution in [2.24, 2.45) is 0 Å². The molecule has 1 rings (SSSR count). The van der Waals surface area contributed by atoms with E-state index in [0.717, 1.165) is 25.0 Å². The molecule has 0 fully saturated rings. The first-order valence-electron chi connectivity index (χ1n) is 7.58. The van der Waals surface area contributed by atoms with E-state index in [1.54, 1.807) is 0 Å². The quantitative estimate of drug-likeness (QED) is 0.794. The van der Waals surface area contributed by atoms with E-state index >= 15 is 0 Å². The Labute approximate surface area is 144 Å². The molecule has 0 aliphatic rings. The van der Waals surface area contributed by atoms with Gasteiger partial charge in [-0.1, -0.05) is 24.9 Å². The van der Waals surface area contributed by atoms with Gasteiger partial charge in [0.25, 0.3) is 0 Å². The number of nitrogens with zero attached hydrogens (tertiary/aromatic N) is 1. The molecular weight excluding hydrogens is 345 g/mol. The van der Waals surface area contributed by atoms with Crippen LogP contribution < -0.4 is 10.2 Å². The smallest absolute Gasteiger partial charge is 0.354 e. The van der Waals surface area contributed by atoms with Gasteiger partial charge in [-0.2, -0.15) is 13.2 Å². The number of amides is 2. The van der Waals surface area contributed by atoms with Gasteiger partial charge in [-0.3, -0.25) is 9.59 Å². The van der Waals surface area contributed by atoms with Crippen molar-refractivity contribution in [1.29, 1.82) is 0 Å². The zero-order valence-electron chi connectivity index (χ0n) is 13.5. The Bertz CT molecular complexity index is 591. The van der Waals surface area contributed by atoms with Crippen molar-refractivity contribution < 1.29 is 22.8 Å². The summed E-state index contributed by atoms with van der Waals surface area (Å²) in [6.07, 6.45) is -2.58. The van der Waals surface area contributed by atoms with Crippen LogP contribution >= 0.6 is 11.6 Å². The highest BCUT2D eigenvalue weighted by Gasteiger charge is 2.34. The molecule has 0 atom stereocenters. The Morgan fingerprint density at radius 3 is 2.50 bits per heavy atom. The van der Waals surface area contributed by atoms with Gasteiger partial charge in [0.2, 0.25) is 11.8 Å². The van der Waals surface area contributed by atoms with Crippen molar-refractivity contribution in [3.8, 4) is 0 Å². The molecule has 0 aliphatic heterocycles. The molecule has 8 heteroatoms. The van der Waals surface area contributed by atoms with Crippen molar-refractivity contribution >= 4 is 29.1 Å². The molecule has 134 valence electrons. The lowest BCUT2D eigenvalue weighted by Gasteiger charge is -2.23. The molecule has 0 bridgehead atoms. The average molecular weight is 365 g/mol. The lowest BCUT2D eigenvalue weighted by molar-refractivity contribution is -0.137. The maximum absolute atomic E-state index is 12.9. The zero-order chi connectivity index (χ0) is 18.3. The highest BCUT2D eigenvalue weighted by atomic mass is 35.5. The minimum Gasteiger partial charge on any atom is -0.354 e. The number of benzene rings is 1. The van der Waals surface area contributed by atoms with E-state index in [0.29, 0.717) is 6.42 Å². The van der Waals surface area contributed by atoms with E-state index in [1.165, 1.54) is 17.9 Å². The first kappa shape index (κ1) is 20.3. The number of alkyl halides is 3. The van der Waals surface area contributed by atoms with E-state index in [-0.39, 0.29) is 24.7 Å². The third-order valence-electron chi connectivity index (χ3n) is 3.36. The normalized spacial score (nSPS) is 11.2. The summed E-state index contributed by atoms with van der Waals surface area (Å²) in [6, 6.07) is 3.29. The number of hydrogen-bond donors (Lipinski definition) is 1. The van der Waals surface area contributed by atoms with Crippen LogP contribution in [0.5, 0.6) is 0 Å². The summed E-state index contributed by atoms with van der Waals surface area (Å²) < 4.78 is 38.8. The Morgan fingerprint density at radius 1 is 1.29 bits per heavy atom. The van der Waals surface area contributed by atoms with Gasteiger partial charge in [-0.15, -0.1) is 0 Å². The fourth-order valence-electron chi connectivity index (χ4n) is 2.10. The van der Waals surface area contributed by atoms with Crippen molar-refractivity contribution in [2.75, 3.05) is 18.0 Å². The minimum absolute atomic E-state index is 0.0755. The summed E-state index contributed by atoms with van der Waals surface area (Å²) in [5.41, 5.74) is -0.915. The van der Waals surface area contributed by atoms with Gasteiger partial charge in [0.05, 0.1) is 10.6 Å². The van der Waals surface area contributed by atoms with Crippen LogP contribution in [0.4, 0.5) is 18.9 Å². The van der Waals surface area contributed by atoms with E-state index in [9.17, 15) is 22.8 Å². The number of unbranched alkanes of at least 4 members (excludes halogenated alkanes) is 1. The van der Waals surface area contributed by atoms with Crippen LogP contribution in [0, 0.1) is 0 Å². The fraction of sp³-hybridized carbons (Fsp3) is 0.500.